The number of aromatic nitrogens is 1. The zero-order chi connectivity index (χ0) is 14.1. The van der Waals surface area contributed by atoms with Gasteiger partial charge in [0.25, 0.3) is 5.91 Å². The summed E-state index contributed by atoms with van der Waals surface area (Å²) in [5, 5.41) is 3.02. The van der Waals surface area contributed by atoms with Gasteiger partial charge in [0.05, 0.1) is 17.4 Å². The van der Waals surface area contributed by atoms with Crippen molar-refractivity contribution in [3.63, 3.8) is 0 Å². The third-order valence-electron chi connectivity index (χ3n) is 2.67. The van der Waals surface area contributed by atoms with E-state index < -0.39 is 0 Å². The molecule has 1 amide bonds. The Morgan fingerprint density at radius 2 is 2.16 bits per heavy atom. The number of nitrogen functional groups attached to an aromatic ring is 1. The first-order valence-corrected chi connectivity index (χ1v) is 8.10. The Kier molecular flexibility index (Phi) is 7.67. The number of halogens is 1. The van der Waals surface area contributed by atoms with E-state index in [1.54, 1.807) is 6.07 Å². The van der Waals surface area contributed by atoms with Crippen molar-refractivity contribution in [2.45, 2.75) is 25.7 Å². The third kappa shape index (κ3) is 6.16. The Bertz CT molecular complexity index is 415. The molecular formula is C13H20ClN3OS. The highest BCUT2D eigenvalue weighted by Gasteiger charge is 2.11. The van der Waals surface area contributed by atoms with E-state index in [0.29, 0.717) is 17.8 Å². The largest absolute Gasteiger partial charge is 0.397 e. The van der Waals surface area contributed by atoms with Crippen molar-refractivity contribution in [1.29, 1.82) is 0 Å². The maximum absolute atomic E-state index is 11.9. The molecule has 0 aliphatic heterocycles. The van der Waals surface area contributed by atoms with Gasteiger partial charge in [0.2, 0.25) is 0 Å². The van der Waals surface area contributed by atoms with Crippen molar-refractivity contribution in [2.75, 3.05) is 24.3 Å². The van der Waals surface area contributed by atoms with E-state index in [0.717, 1.165) is 12.8 Å². The quantitative estimate of drug-likeness (QED) is 0.572. The minimum Gasteiger partial charge on any atom is -0.397 e. The van der Waals surface area contributed by atoms with Crippen LogP contribution < -0.4 is 11.1 Å². The van der Waals surface area contributed by atoms with Gasteiger partial charge in [-0.1, -0.05) is 24.4 Å². The molecule has 0 bridgehead atoms. The van der Waals surface area contributed by atoms with E-state index in [4.69, 9.17) is 17.3 Å². The second-order valence-corrected chi connectivity index (χ2v) is 5.61. The van der Waals surface area contributed by atoms with Crippen LogP contribution in [0.5, 0.6) is 0 Å². The lowest BCUT2D eigenvalue weighted by Gasteiger charge is -2.07. The molecule has 3 N–H and O–H groups in total. The van der Waals surface area contributed by atoms with E-state index in [-0.39, 0.29) is 11.1 Å². The highest BCUT2D eigenvalue weighted by Crippen LogP contribution is 2.15. The van der Waals surface area contributed by atoms with Gasteiger partial charge in [-0.05, 0) is 30.9 Å². The molecule has 0 fully saturated rings. The third-order valence-corrected chi connectivity index (χ3v) is 3.66. The van der Waals surface area contributed by atoms with Crippen LogP contribution in [0.3, 0.4) is 0 Å². The lowest BCUT2D eigenvalue weighted by molar-refractivity contribution is 0.0953. The van der Waals surface area contributed by atoms with Gasteiger partial charge in [0.15, 0.2) is 0 Å². The summed E-state index contributed by atoms with van der Waals surface area (Å²) in [4.78, 5) is 15.7. The molecule has 1 heterocycles. The normalized spacial score (nSPS) is 10.4. The van der Waals surface area contributed by atoms with Crippen LogP contribution in [0.25, 0.3) is 0 Å². The SMILES string of the molecule is CSCCCCCCNC(=O)c1cc(N)cnc1Cl. The molecule has 1 aromatic heterocycles. The van der Waals surface area contributed by atoms with Gasteiger partial charge >= 0.3 is 0 Å². The van der Waals surface area contributed by atoms with Crippen LogP contribution in [-0.2, 0) is 0 Å². The van der Waals surface area contributed by atoms with E-state index in [1.807, 2.05) is 11.8 Å². The summed E-state index contributed by atoms with van der Waals surface area (Å²) in [6.07, 6.45) is 8.10. The molecule has 0 aliphatic rings. The van der Waals surface area contributed by atoms with Gasteiger partial charge in [0, 0.05) is 6.54 Å². The molecule has 1 rings (SSSR count). The topological polar surface area (TPSA) is 68.0 Å². The monoisotopic (exact) mass is 301 g/mol. The number of hydrogen-bond acceptors (Lipinski definition) is 4. The highest BCUT2D eigenvalue weighted by atomic mass is 35.5. The summed E-state index contributed by atoms with van der Waals surface area (Å²) in [6, 6.07) is 1.54. The molecule has 0 aromatic carbocycles. The van der Waals surface area contributed by atoms with Crippen LogP contribution in [0, 0.1) is 0 Å². The molecule has 0 unspecified atom stereocenters. The number of nitrogens with one attached hydrogen (secondary N) is 1. The number of pyridine rings is 1. The van der Waals surface area contributed by atoms with E-state index in [1.165, 1.54) is 24.8 Å². The minimum atomic E-state index is -0.214. The van der Waals surface area contributed by atoms with Gasteiger partial charge in [0.1, 0.15) is 5.15 Å². The summed E-state index contributed by atoms with van der Waals surface area (Å²) >= 11 is 7.73. The van der Waals surface area contributed by atoms with Crippen LogP contribution in [0.1, 0.15) is 36.0 Å². The minimum absolute atomic E-state index is 0.187. The predicted molar refractivity (Wildman–Crippen MR) is 82.8 cm³/mol. The van der Waals surface area contributed by atoms with Crippen molar-refractivity contribution in [1.82, 2.24) is 10.3 Å². The number of unbranched alkanes of at least 4 members (excludes halogenated alkanes) is 3. The van der Waals surface area contributed by atoms with Gasteiger partial charge < -0.3 is 11.1 Å². The molecule has 0 saturated heterocycles. The van der Waals surface area contributed by atoms with Crippen LogP contribution in [-0.4, -0.2) is 29.4 Å². The number of nitrogens with two attached hydrogens (primary N) is 1. The molecule has 0 aliphatic carbocycles. The van der Waals surface area contributed by atoms with E-state index >= 15 is 0 Å². The zero-order valence-corrected chi connectivity index (χ0v) is 12.7. The smallest absolute Gasteiger partial charge is 0.254 e. The fourth-order valence-corrected chi connectivity index (χ4v) is 2.33. The van der Waals surface area contributed by atoms with Crippen molar-refractivity contribution in [3.05, 3.63) is 23.0 Å². The van der Waals surface area contributed by atoms with Gasteiger partial charge in [-0.2, -0.15) is 11.8 Å². The molecule has 0 radical (unpaired) electrons. The van der Waals surface area contributed by atoms with Crippen molar-refractivity contribution >= 4 is 35.0 Å². The highest BCUT2D eigenvalue weighted by molar-refractivity contribution is 7.98. The molecule has 4 nitrogen and oxygen atoms in total. The molecular weight excluding hydrogens is 282 g/mol. The summed E-state index contributed by atoms with van der Waals surface area (Å²) in [6.45, 7) is 0.656. The Morgan fingerprint density at radius 1 is 1.42 bits per heavy atom. The molecule has 0 spiro atoms. The van der Waals surface area contributed by atoms with Crippen LogP contribution in [0.2, 0.25) is 5.15 Å². The summed E-state index contributed by atoms with van der Waals surface area (Å²) in [7, 11) is 0. The first-order valence-electron chi connectivity index (χ1n) is 6.33. The average molecular weight is 302 g/mol. The number of thioether (sulfide) groups is 1. The van der Waals surface area contributed by atoms with Crippen LogP contribution in [0.15, 0.2) is 12.3 Å². The number of rotatable bonds is 8. The van der Waals surface area contributed by atoms with Crippen LogP contribution in [0.4, 0.5) is 5.69 Å². The van der Waals surface area contributed by atoms with E-state index in [2.05, 4.69) is 16.6 Å². The molecule has 106 valence electrons. The fourth-order valence-electron chi connectivity index (χ4n) is 1.65. The van der Waals surface area contributed by atoms with Crippen molar-refractivity contribution in [3.8, 4) is 0 Å². The second kappa shape index (κ2) is 9.04. The number of amides is 1. The molecule has 0 atom stereocenters. The first kappa shape index (κ1) is 16.1. The molecule has 0 saturated carbocycles. The lowest BCUT2D eigenvalue weighted by atomic mass is 10.2. The van der Waals surface area contributed by atoms with Gasteiger partial charge in [-0.3, -0.25) is 4.79 Å². The maximum Gasteiger partial charge on any atom is 0.254 e. The fraction of sp³-hybridized carbons (Fsp3) is 0.538. The number of anilines is 1. The summed E-state index contributed by atoms with van der Waals surface area (Å²) < 4.78 is 0. The van der Waals surface area contributed by atoms with E-state index in [9.17, 15) is 4.79 Å². The molecule has 1 aromatic rings. The maximum atomic E-state index is 11.9. The number of nitrogens with zero attached hydrogens (tertiary/aromatic N) is 1. The Hall–Kier alpha value is -0.940. The summed E-state index contributed by atoms with van der Waals surface area (Å²) in [5.41, 5.74) is 6.36. The van der Waals surface area contributed by atoms with Crippen molar-refractivity contribution < 1.29 is 4.79 Å². The zero-order valence-electron chi connectivity index (χ0n) is 11.1. The van der Waals surface area contributed by atoms with Gasteiger partial charge in [-0.15, -0.1) is 0 Å². The number of carbonyl (C=O) groups is 1. The Labute approximate surface area is 123 Å². The van der Waals surface area contributed by atoms with Crippen LogP contribution >= 0.6 is 23.4 Å². The molecule has 19 heavy (non-hydrogen) atoms. The lowest BCUT2D eigenvalue weighted by Crippen LogP contribution is -2.25. The van der Waals surface area contributed by atoms with Gasteiger partial charge in [-0.25, -0.2) is 4.98 Å². The number of hydrogen-bond donors (Lipinski definition) is 2. The van der Waals surface area contributed by atoms with Crippen molar-refractivity contribution in [2.24, 2.45) is 0 Å². The Balaban J connectivity index is 2.26. The standard InChI is InChI=1S/C13H20ClN3OS/c1-19-7-5-3-2-4-6-16-13(18)11-8-10(15)9-17-12(11)14/h8-9H,2-7,15H2,1H3,(H,16,18). The Morgan fingerprint density at radius 3 is 2.89 bits per heavy atom. The molecule has 6 heteroatoms. The first-order chi connectivity index (χ1) is 9.15. The average Bonchev–Trinajstić information content (AvgIpc) is 2.40. The predicted octanol–water partition coefficient (Wildman–Crippen LogP) is 2.97. The summed E-state index contributed by atoms with van der Waals surface area (Å²) in [5.74, 6) is 0.991. The second-order valence-electron chi connectivity index (χ2n) is 4.27. The number of carbonyl (C=O) groups excluding carboxylic acids is 1.